The zero-order chi connectivity index (χ0) is 6.85. The van der Waals surface area contributed by atoms with Gasteiger partial charge in [-0.25, -0.2) is 0 Å². The van der Waals surface area contributed by atoms with Gasteiger partial charge in [0.15, 0.2) is 0 Å². The van der Waals surface area contributed by atoms with Gasteiger partial charge in [0.05, 0.1) is 0 Å². The highest BCUT2D eigenvalue weighted by Gasteiger charge is 1.90. The zero-order valence-corrected chi connectivity index (χ0v) is 7.31. The van der Waals surface area contributed by atoms with E-state index in [0.29, 0.717) is 0 Å². The molecule has 0 spiro atoms. The van der Waals surface area contributed by atoms with Crippen LogP contribution in [0.1, 0.15) is 5.56 Å². The van der Waals surface area contributed by atoms with E-state index in [4.69, 9.17) is 0 Å². The standard InChI is InChI=1S/C7H9PS/c1-5-4-6(8)2-3-7(5)9/h2-4,9H,8H2,1H3. The van der Waals surface area contributed by atoms with E-state index < -0.39 is 0 Å². The SMILES string of the molecule is Cc1cc(P)ccc1S. The second kappa shape index (κ2) is 2.72. The van der Waals surface area contributed by atoms with Crippen molar-refractivity contribution in [3.63, 3.8) is 0 Å². The van der Waals surface area contributed by atoms with Gasteiger partial charge in [0.2, 0.25) is 0 Å². The van der Waals surface area contributed by atoms with Gasteiger partial charge in [-0.3, -0.25) is 0 Å². The quantitative estimate of drug-likeness (QED) is 0.429. The predicted molar refractivity (Wildman–Crippen MR) is 47.8 cm³/mol. The normalized spacial score (nSPS) is 9.67. The fraction of sp³-hybridized carbons (Fsp3) is 0.143. The number of rotatable bonds is 0. The van der Waals surface area contributed by atoms with Crippen molar-refractivity contribution in [3.8, 4) is 0 Å². The lowest BCUT2D eigenvalue weighted by molar-refractivity contribution is 1.33. The van der Waals surface area contributed by atoms with Gasteiger partial charge in [0.1, 0.15) is 0 Å². The minimum Gasteiger partial charge on any atom is -0.143 e. The van der Waals surface area contributed by atoms with E-state index in [1.807, 2.05) is 12.1 Å². The number of hydrogen-bond donors (Lipinski definition) is 1. The van der Waals surface area contributed by atoms with Crippen molar-refractivity contribution in [2.45, 2.75) is 11.8 Å². The Balaban J connectivity index is 3.17. The molecule has 0 aliphatic rings. The molecule has 1 unspecified atom stereocenters. The van der Waals surface area contributed by atoms with Crippen LogP contribution in [-0.4, -0.2) is 0 Å². The minimum atomic E-state index is 1.06. The van der Waals surface area contributed by atoms with Gasteiger partial charge in [-0.05, 0) is 23.9 Å². The maximum Gasteiger partial charge on any atom is 0.00696 e. The Morgan fingerprint density at radius 2 is 2.11 bits per heavy atom. The lowest BCUT2D eigenvalue weighted by atomic mass is 10.2. The second-order valence-electron chi connectivity index (χ2n) is 2.05. The summed E-state index contributed by atoms with van der Waals surface area (Å²) >= 11 is 4.24. The highest BCUT2D eigenvalue weighted by atomic mass is 32.1. The van der Waals surface area contributed by atoms with Crippen LogP contribution in [-0.2, 0) is 0 Å². The molecule has 0 saturated carbocycles. The molecule has 1 aromatic carbocycles. The monoisotopic (exact) mass is 156 g/mol. The van der Waals surface area contributed by atoms with Gasteiger partial charge < -0.3 is 0 Å². The molecule has 9 heavy (non-hydrogen) atoms. The van der Waals surface area contributed by atoms with Crippen molar-refractivity contribution in [1.82, 2.24) is 0 Å². The van der Waals surface area contributed by atoms with Gasteiger partial charge in [0, 0.05) is 4.90 Å². The molecule has 0 amide bonds. The minimum absolute atomic E-state index is 1.06. The first kappa shape index (κ1) is 7.11. The summed E-state index contributed by atoms with van der Waals surface area (Å²) in [7, 11) is 2.65. The van der Waals surface area contributed by atoms with Gasteiger partial charge in [-0.2, -0.15) is 0 Å². The van der Waals surface area contributed by atoms with Gasteiger partial charge in [-0.1, -0.05) is 12.1 Å². The fourth-order valence-electron chi connectivity index (χ4n) is 0.679. The predicted octanol–water partition coefficient (Wildman–Crippen LogP) is 1.78. The summed E-state index contributed by atoms with van der Waals surface area (Å²) < 4.78 is 0. The number of aryl methyl sites for hydroxylation is 1. The molecule has 0 fully saturated rings. The molecule has 0 radical (unpaired) electrons. The Morgan fingerprint density at radius 3 is 2.56 bits per heavy atom. The van der Waals surface area contributed by atoms with Crippen LogP contribution in [0, 0.1) is 6.92 Å². The summed E-state index contributed by atoms with van der Waals surface area (Å²) in [5.74, 6) is 0. The average Bonchev–Trinajstić information content (AvgIpc) is 1.80. The zero-order valence-electron chi connectivity index (χ0n) is 5.26. The van der Waals surface area contributed by atoms with Crippen molar-refractivity contribution >= 4 is 27.2 Å². The average molecular weight is 156 g/mol. The van der Waals surface area contributed by atoms with E-state index in [0.717, 1.165) is 4.90 Å². The topological polar surface area (TPSA) is 0 Å². The Hall–Kier alpha value is -0.0000000000000000555. The Morgan fingerprint density at radius 1 is 1.44 bits per heavy atom. The first-order valence-corrected chi connectivity index (χ1v) is 3.77. The van der Waals surface area contributed by atoms with E-state index in [2.05, 4.69) is 34.9 Å². The van der Waals surface area contributed by atoms with Crippen LogP contribution in [0.3, 0.4) is 0 Å². The van der Waals surface area contributed by atoms with Crippen molar-refractivity contribution in [1.29, 1.82) is 0 Å². The van der Waals surface area contributed by atoms with Crippen LogP contribution in [0.5, 0.6) is 0 Å². The molecule has 1 aromatic rings. The highest BCUT2D eigenvalue weighted by molar-refractivity contribution is 7.80. The summed E-state index contributed by atoms with van der Waals surface area (Å²) in [4.78, 5) is 1.06. The third kappa shape index (κ3) is 1.70. The van der Waals surface area contributed by atoms with E-state index in [1.165, 1.54) is 10.9 Å². The molecular formula is C7H9PS. The Bertz CT molecular complexity index is 220. The van der Waals surface area contributed by atoms with Gasteiger partial charge in [0.25, 0.3) is 0 Å². The fourth-order valence-corrected chi connectivity index (χ4v) is 1.16. The van der Waals surface area contributed by atoms with Crippen LogP contribution in [0.2, 0.25) is 0 Å². The molecule has 0 aliphatic carbocycles. The lowest BCUT2D eigenvalue weighted by Gasteiger charge is -1.97. The third-order valence-corrected chi connectivity index (χ3v) is 2.08. The van der Waals surface area contributed by atoms with Crippen molar-refractivity contribution in [2.75, 3.05) is 0 Å². The maximum atomic E-state index is 4.24. The van der Waals surface area contributed by atoms with Crippen molar-refractivity contribution < 1.29 is 0 Å². The second-order valence-corrected chi connectivity index (χ2v) is 3.19. The molecule has 0 heterocycles. The maximum absolute atomic E-state index is 4.24. The molecule has 0 aliphatic heterocycles. The Labute approximate surface area is 63.3 Å². The molecule has 1 rings (SSSR count). The number of benzene rings is 1. The Kier molecular flexibility index (Phi) is 2.15. The molecule has 48 valence electrons. The summed E-state index contributed by atoms with van der Waals surface area (Å²) in [5, 5.41) is 1.21. The molecule has 0 saturated heterocycles. The summed E-state index contributed by atoms with van der Waals surface area (Å²) in [5.41, 5.74) is 1.23. The van der Waals surface area contributed by atoms with Gasteiger partial charge in [-0.15, -0.1) is 21.9 Å². The van der Waals surface area contributed by atoms with Crippen LogP contribution < -0.4 is 5.30 Å². The summed E-state index contributed by atoms with van der Waals surface area (Å²) in [6.07, 6.45) is 0. The summed E-state index contributed by atoms with van der Waals surface area (Å²) in [6, 6.07) is 6.12. The van der Waals surface area contributed by atoms with E-state index >= 15 is 0 Å². The molecule has 0 aromatic heterocycles. The van der Waals surface area contributed by atoms with Crippen molar-refractivity contribution in [3.05, 3.63) is 23.8 Å². The molecular weight excluding hydrogens is 147 g/mol. The number of thiol groups is 1. The smallest absolute Gasteiger partial charge is 0.00696 e. The number of hydrogen-bond acceptors (Lipinski definition) is 1. The molecule has 0 bridgehead atoms. The van der Waals surface area contributed by atoms with E-state index in [-0.39, 0.29) is 0 Å². The molecule has 0 N–H and O–H groups in total. The lowest BCUT2D eigenvalue weighted by Crippen LogP contribution is -1.89. The van der Waals surface area contributed by atoms with Crippen LogP contribution in [0.4, 0.5) is 0 Å². The van der Waals surface area contributed by atoms with Gasteiger partial charge >= 0.3 is 0 Å². The van der Waals surface area contributed by atoms with Crippen molar-refractivity contribution in [2.24, 2.45) is 0 Å². The van der Waals surface area contributed by atoms with Crippen LogP contribution in [0.15, 0.2) is 23.1 Å². The van der Waals surface area contributed by atoms with Crippen LogP contribution >= 0.6 is 21.9 Å². The van der Waals surface area contributed by atoms with Crippen LogP contribution in [0.25, 0.3) is 0 Å². The molecule has 1 atom stereocenters. The van der Waals surface area contributed by atoms with E-state index in [1.54, 1.807) is 0 Å². The first-order valence-electron chi connectivity index (χ1n) is 2.75. The molecule has 0 nitrogen and oxygen atoms in total. The third-order valence-electron chi connectivity index (χ3n) is 1.22. The largest absolute Gasteiger partial charge is 0.143 e. The summed E-state index contributed by atoms with van der Waals surface area (Å²) in [6.45, 7) is 2.05. The first-order chi connectivity index (χ1) is 4.20. The molecule has 2 heteroatoms. The van der Waals surface area contributed by atoms with E-state index in [9.17, 15) is 0 Å². The highest BCUT2D eigenvalue weighted by Crippen LogP contribution is 2.10.